The smallest absolute Gasteiger partial charge is 0.412 e. The number of halogens is 4. The van der Waals surface area contributed by atoms with Crippen molar-refractivity contribution in [3.05, 3.63) is 70.5 Å². The Hall–Kier alpha value is -5.90. The van der Waals surface area contributed by atoms with Crippen LogP contribution in [0.25, 0.3) is 0 Å². The first-order valence-corrected chi connectivity index (χ1v) is 30.1. The standard InChI is InChI=1S/C57H78Br2ClFN8O15/c1-31(2)48(67-45(71)18-11-10-15-33(4)83-56(28-58,29-59)30-70)51(74)65-39(16-13-21-63-52(62)75)50(73)64-36-19-20-38(37(61)25-36)66-53(76)82-44-26-46(72)69(7)40-23-35(24-41(79-8)47(40)60)22-32(3)14-12-17-43(80-9)57(78)27-42(81-54(77)68-57)34(5)49-55(44,6)84-49/h12,14,17,19-20,23-25,30-31,33-34,39,42-44,48-49,78H,10-11,13,15-16,18,21-22,26-29H2,1-9H3,(H,64,73)(H,65,74)(H,66,76)(H,67,71)(H,68,77)(H3,62,63,75)/b17-12+,32-14+/t33?,34-,39+,42+,43-,44+,48+,49+,55+,57+/m1/s1. The van der Waals surface area contributed by atoms with Crippen LogP contribution in [0.5, 0.6) is 5.75 Å². The second-order valence-electron chi connectivity index (χ2n) is 21.9. The summed E-state index contributed by atoms with van der Waals surface area (Å²) in [6.45, 7) is 10.5. The molecule has 2 aromatic rings. The maximum atomic E-state index is 16.1. The molecule has 9 N–H and O–H groups in total. The van der Waals surface area contributed by atoms with Crippen molar-refractivity contribution in [3.63, 3.8) is 0 Å². The van der Waals surface area contributed by atoms with Crippen molar-refractivity contribution in [2.45, 2.75) is 159 Å². The van der Waals surface area contributed by atoms with Crippen LogP contribution in [0.3, 0.4) is 0 Å². The van der Waals surface area contributed by atoms with Gasteiger partial charge >= 0.3 is 18.2 Å². The molecule has 0 spiro atoms. The van der Waals surface area contributed by atoms with Gasteiger partial charge in [-0.25, -0.2) is 18.8 Å². The molecular formula is C57H78Br2ClFN8O15. The predicted molar refractivity (Wildman–Crippen MR) is 319 cm³/mol. The third kappa shape index (κ3) is 18.6. The van der Waals surface area contributed by atoms with Crippen LogP contribution in [0.4, 0.5) is 35.8 Å². The summed E-state index contributed by atoms with van der Waals surface area (Å²) in [7, 11) is 4.31. The van der Waals surface area contributed by atoms with Gasteiger partial charge in [-0.05, 0) is 94.7 Å². The number of nitrogens with two attached hydrogens (primary N) is 1. The number of epoxide rings is 1. The van der Waals surface area contributed by atoms with Gasteiger partial charge in [-0.1, -0.05) is 94.5 Å². The minimum absolute atomic E-state index is 0.0237. The lowest BCUT2D eigenvalue weighted by atomic mass is 9.83. The van der Waals surface area contributed by atoms with E-state index in [1.54, 1.807) is 52.0 Å². The first-order chi connectivity index (χ1) is 39.6. The maximum Gasteiger partial charge on any atom is 0.412 e. The molecule has 2 saturated heterocycles. The third-order valence-corrected chi connectivity index (χ3v) is 17.2. The number of nitrogens with zero attached hydrogens (tertiary/aromatic N) is 1. The lowest BCUT2D eigenvalue weighted by molar-refractivity contribution is -0.142. The van der Waals surface area contributed by atoms with Crippen molar-refractivity contribution in [1.29, 1.82) is 0 Å². The number of urea groups is 1. The number of aldehydes is 1. The number of ether oxygens (including phenoxy) is 6. The average molecular weight is 1330 g/mol. The fourth-order valence-corrected chi connectivity index (χ4v) is 11.8. The molecule has 0 saturated carbocycles. The Morgan fingerprint density at radius 2 is 1.75 bits per heavy atom. The Labute approximate surface area is 510 Å². The van der Waals surface area contributed by atoms with Gasteiger partial charge in [0.2, 0.25) is 23.6 Å². The number of hydrogen-bond acceptors (Lipinski definition) is 15. The van der Waals surface area contributed by atoms with Crippen LogP contribution >= 0.6 is 43.5 Å². The van der Waals surface area contributed by atoms with Crippen LogP contribution < -0.4 is 47.3 Å². The van der Waals surface area contributed by atoms with E-state index in [-0.39, 0.29) is 60.5 Å². The molecule has 3 aliphatic rings. The average Bonchev–Trinajstić information content (AvgIpc) is 2.01. The number of alkyl carbamates (subject to hydrolysis) is 1. The molecule has 0 aromatic heterocycles. The van der Waals surface area contributed by atoms with E-state index in [2.05, 4.69) is 63.8 Å². The first kappa shape index (κ1) is 68.9. The number of rotatable bonds is 24. The van der Waals surface area contributed by atoms with Gasteiger partial charge in [-0.2, -0.15) is 0 Å². The van der Waals surface area contributed by atoms with Gasteiger partial charge in [0.25, 0.3) is 0 Å². The SMILES string of the molecule is COc1cc2cc(c1Cl)N(C)C(=O)C[C@H](OC(=O)Nc1ccc(NC(=O)[C@H](CCCNC(N)=O)NC(=O)[C@@H](NC(=O)CCCCC(C)OC(C=O)(CBr)CBr)C(C)C)cc1F)[C@]1(C)O[C@H]1[C@H](C)[C@@H]1C[C@@](O)(NC(=O)O1)[C@H](OC)/C=C/C=C(\C)C2. The topological polar surface area (TPSA) is 317 Å². The minimum atomic E-state index is -1.93. The summed E-state index contributed by atoms with van der Waals surface area (Å²) in [5.41, 5.74) is 2.26. The first-order valence-electron chi connectivity index (χ1n) is 27.5. The lowest BCUT2D eigenvalue weighted by Crippen LogP contribution is -2.63. The van der Waals surface area contributed by atoms with Crippen LogP contribution in [0, 0.1) is 17.7 Å². The predicted octanol–water partition coefficient (Wildman–Crippen LogP) is 7.22. The summed E-state index contributed by atoms with van der Waals surface area (Å²) in [5.74, 6) is -4.26. The van der Waals surface area contributed by atoms with E-state index in [9.17, 15) is 43.5 Å². The Bertz CT molecular complexity index is 2780. The highest BCUT2D eigenvalue weighted by molar-refractivity contribution is 9.10. The largest absolute Gasteiger partial charge is 0.495 e. The quantitative estimate of drug-likeness (QED) is 0.0223. The Morgan fingerprint density at radius 3 is 2.38 bits per heavy atom. The number of hydrogen-bond donors (Lipinski definition) is 8. The van der Waals surface area contributed by atoms with Gasteiger partial charge in [0.15, 0.2) is 12.0 Å². The highest BCUT2D eigenvalue weighted by atomic mass is 79.9. The number of allylic oxidation sites excluding steroid dienone is 3. The van der Waals surface area contributed by atoms with Crippen LogP contribution in [0.2, 0.25) is 5.02 Å². The number of nitrogens with one attached hydrogen (secondary N) is 6. The highest BCUT2D eigenvalue weighted by Gasteiger charge is 2.64. The molecular weight excluding hydrogens is 1250 g/mol. The highest BCUT2D eigenvalue weighted by Crippen LogP contribution is 2.49. The molecule has 5 rings (SSSR count). The van der Waals surface area contributed by atoms with Crippen molar-refractivity contribution in [1.82, 2.24) is 21.3 Å². The minimum Gasteiger partial charge on any atom is -0.495 e. The third-order valence-electron chi connectivity index (χ3n) is 14.9. The molecule has 8 amide bonds. The molecule has 4 bridgehead atoms. The number of fused-ring (bicyclic) bond motifs is 5. The van der Waals surface area contributed by atoms with E-state index in [1.165, 1.54) is 32.2 Å². The summed E-state index contributed by atoms with van der Waals surface area (Å²) in [6, 6.07) is 3.68. The zero-order valence-corrected chi connectivity index (χ0v) is 52.5. The molecule has 2 aromatic carbocycles. The van der Waals surface area contributed by atoms with Gasteiger partial charge in [-0.3, -0.25) is 29.8 Å². The van der Waals surface area contributed by atoms with E-state index in [0.717, 1.165) is 29.6 Å². The molecule has 0 aliphatic carbocycles. The lowest BCUT2D eigenvalue weighted by Gasteiger charge is -2.42. The Kier molecular flexibility index (Phi) is 25.4. The second-order valence-corrected chi connectivity index (χ2v) is 23.4. The maximum absolute atomic E-state index is 16.1. The van der Waals surface area contributed by atoms with E-state index in [0.29, 0.717) is 36.3 Å². The molecule has 27 heteroatoms. The van der Waals surface area contributed by atoms with Gasteiger partial charge < -0.3 is 70.2 Å². The zero-order chi connectivity index (χ0) is 62.3. The summed E-state index contributed by atoms with van der Waals surface area (Å²) >= 11 is 13.4. The summed E-state index contributed by atoms with van der Waals surface area (Å²) in [6.07, 6.45) is 0.821. The fraction of sp³-hybridized carbons (Fsp3) is 0.579. The molecule has 0 radical (unpaired) electrons. The number of aliphatic hydroxyl groups is 1. The number of anilines is 3. The number of amides is 8. The summed E-state index contributed by atoms with van der Waals surface area (Å²) in [5, 5.41) is 27.9. The fourth-order valence-electron chi connectivity index (χ4n) is 9.99. The number of benzene rings is 2. The van der Waals surface area contributed by atoms with E-state index in [4.69, 9.17) is 45.8 Å². The van der Waals surface area contributed by atoms with Crippen LogP contribution in [-0.4, -0.2) is 151 Å². The number of primary amides is 1. The Balaban J connectivity index is 1.32. The molecule has 84 heavy (non-hydrogen) atoms. The van der Waals surface area contributed by atoms with Crippen molar-refractivity contribution in [2.24, 2.45) is 17.6 Å². The molecule has 3 aliphatic heterocycles. The number of methoxy groups -OCH3 is 2. The second kappa shape index (κ2) is 31.0. The molecule has 1 unspecified atom stereocenters. The number of carbonyl (C=O) groups is 8. The Morgan fingerprint density at radius 1 is 1.04 bits per heavy atom. The number of carbonyl (C=O) groups excluding carboxylic acids is 8. The van der Waals surface area contributed by atoms with Gasteiger partial charge in [0.1, 0.15) is 58.2 Å². The van der Waals surface area contributed by atoms with Gasteiger partial charge in [0.05, 0.1) is 37.1 Å². The number of alkyl halides is 2. The van der Waals surface area contributed by atoms with Gasteiger partial charge in [-0.15, -0.1) is 0 Å². The van der Waals surface area contributed by atoms with Crippen molar-refractivity contribution in [2.75, 3.05) is 54.0 Å². The summed E-state index contributed by atoms with van der Waals surface area (Å²) < 4.78 is 51.1. The monoisotopic (exact) mass is 1330 g/mol. The molecule has 464 valence electrons. The summed E-state index contributed by atoms with van der Waals surface area (Å²) in [4.78, 5) is 107. The van der Waals surface area contributed by atoms with Crippen LogP contribution in [0.15, 0.2) is 54.1 Å². The number of unbranched alkanes of at least 4 members (excludes halogenated alkanes) is 1. The van der Waals surface area contributed by atoms with Crippen LogP contribution in [-0.2, 0) is 54.1 Å². The molecule has 3 heterocycles. The molecule has 23 nitrogen and oxygen atoms in total. The van der Waals surface area contributed by atoms with Crippen molar-refractivity contribution < 1.29 is 76.3 Å². The zero-order valence-electron chi connectivity index (χ0n) is 48.6. The molecule has 2 fully saturated rings. The normalized spacial score (nSPS) is 24.7. The van der Waals surface area contributed by atoms with Crippen LogP contribution in [0.1, 0.15) is 98.5 Å². The van der Waals surface area contributed by atoms with E-state index in [1.807, 2.05) is 19.9 Å². The van der Waals surface area contributed by atoms with Crippen molar-refractivity contribution >= 4 is 109 Å². The van der Waals surface area contributed by atoms with Gasteiger partial charge in [0, 0.05) is 55.8 Å². The van der Waals surface area contributed by atoms with Crippen molar-refractivity contribution in [3.8, 4) is 5.75 Å². The van der Waals surface area contributed by atoms with E-state index < -0.39 is 125 Å². The molecule has 10 atom stereocenters. The van der Waals surface area contributed by atoms with E-state index >= 15 is 4.39 Å².